The van der Waals surface area contributed by atoms with Crippen LogP contribution in [-0.4, -0.2) is 26.0 Å². The van der Waals surface area contributed by atoms with Crippen molar-refractivity contribution < 1.29 is 8.42 Å². The van der Waals surface area contributed by atoms with Crippen molar-refractivity contribution in [2.75, 3.05) is 11.5 Å². The van der Waals surface area contributed by atoms with Crippen LogP contribution in [0, 0.1) is 12.8 Å². The average molecular weight is 268 g/mol. The van der Waals surface area contributed by atoms with Crippen LogP contribution < -0.4 is 11.3 Å². The molecule has 0 spiro atoms. The number of benzene rings is 1. The van der Waals surface area contributed by atoms with Crippen LogP contribution in [0.5, 0.6) is 0 Å². The Morgan fingerprint density at radius 2 is 2.06 bits per heavy atom. The molecule has 2 unspecified atom stereocenters. The van der Waals surface area contributed by atoms with Crippen molar-refractivity contribution in [1.82, 2.24) is 5.43 Å². The minimum Gasteiger partial charge on any atom is -0.271 e. The highest BCUT2D eigenvalue weighted by molar-refractivity contribution is 7.91. The molecule has 0 bridgehead atoms. The van der Waals surface area contributed by atoms with Crippen LogP contribution in [-0.2, 0) is 16.3 Å². The van der Waals surface area contributed by atoms with Crippen LogP contribution >= 0.6 is 0 Å². The van der Waals surface area contributed by atoms with E-state index in [-0.39, 0.29) is 17.7 Å². The molecular formula is C13H20N2O2S. The molecule has 1 heterocycles. The maximum absolute atomic E-state index is 11.5. The van der Waals surface area contributed by atoms with E-state index in [0.717, 1.165) is 6.42 Å². The van der Waals surface area contributed by atoms with Gasteiger partial charge in [-0.25, -0.2) is 8.42 Å². The lowest BCUT2D eigenvalue weighted by Gasteiger charge is -2.21. The lowest BCUT2D eigenvalue weighted by Crippen LogP contribution is -2.43. The maximum Gasteiger partial charge on any atom is 0.150 e. The SMILES string of the molecule is Cc1ccc(CC(NN)C2CCS(=O)(=O)C2)cc1. The van der Waals surface area contributed by atoms with Gasteiger partial charge in [-0.15, -0.1) is 0 Å². The minimum atomic E-state index is -2.85. The van der Waals surface area contributed by atoms with Gasteiger partial charge in [0.2, 0.25) is 0 Å². The molecule has 5 heteroatoms. The number of aryl methyl sites for hydroxylation is 1. The summed E-state index contributed by atoms with van der Waals surface area (Å²) in [6.45, 7) is 2.05. The largest absolute Gasteiger partial charge is 0.271 e. The molecule has 0 radical (unpaired) electrons. The molecule has 4 nitrogen and oxygen atoms in total. The van der Waals surface area contributed by atoms with E-state index in [1.165, 1.54) is 11.1 Å². The monoisotopic (exact) mass is 268 g/mol. The van der Waals surface area contributed by atoms with E-state index < -0.39 is 9.84 Å². The van der Waals surface area contributed by atoms with Crippen LogP contribution in [0.1, 0.15) is 17.5 Å². The van der Waals surface area contributed by atoms with Crippen molar-refractivity contribution in [3.05, 3.63) is 35.4 Å². The second kappa shape index (κ2) is 5.38. The van der Waals surface area contributed by atoms with Crippen LogP contribution in [0.25, 0.3) is 0 Å². The number of hydrazine groups is 1. The second-order valence-corrected chi connectivity index (χ2v) is 7.35. The molecule has 1 aromatic rings. The lowest BCUT2D eigenvalue weighted by molar-refractivity contribution is 0.385. The van der Waals surface area contributed by atoms with Gasteiger partial charge in [-0.05, 0) is 31.2 Å². The second-order valence-electron chi connectivity index (χ2n) is 5.13. The molecule has 0 aliphatic carbocycles. The smallest absolute Gasteiger partial charge is 0.150 e. The highest BCUT2D eigenvalue weighted by Crippen LogP contribution is 2.23. The Kier molecular flexibility index (Phi) is 4.04. The molecule has 1 aliphatic heterocycles. The Morgan fingerprint density at radius 1 is 1.39 bits per heavy atom. The van der Waals surface area contributed by atoms with Crippen molar-refractivity contribution in [3.63, 3.8) is 0 Å². The van der Waals surface area contributed by atoms with Gasteiger partial charge in [0.05, 0.1) is 11.5 Å². The number of sulfone groups is 1. The van der Waals surface area contributed by atoms with Gasteiger partial charge in [0.1, 0.15) is 0 Å². The van der Waals surface area contributed by atoms with Gasteiger partial charge in [-0.1, -0.05) is 29.8 Å². The topological polar surface area (TPSA) is 72.2 Å². The van der Waals surface area contributed by atoms with Crippen molar-refractivity contribution >= 4 is 9.84 Å². The normalized spacial score (nSPS) is 24.0. The summed E-state index contributed by atoms with van der Waals surface area (Å²) < 4.78 is 23.0. The van der Waals surface area contributed by atoms with E-state index in [9.17, 15) is 8.42 Å². The molecule has 1 aromatic carbocycles. The average Bonchev–Trinajstić information content (AvgIpc) is 2.69. The quantitative estimate of drug-likeness (QED) is 0.626. The summed E-state index contributed by atoms with van der Waals surface area (Å²) in [4.78, 5) is 0. The van der Waals surface area contributed by atoms with Crippen molar-refractivity contribution in [2.45, 2.75) is 25.8 Å². The third kappa shape index (κ3) is 3.31. The van der Waals surface area contributed by atoms with Crippen LogP contribution in [0.15, 0.2) is 24.3 Å². The summed E-state index contributed by atoms with van der Waals surface area (Å²) in [7, 11) is -2.85. The van der Waals surface area contributed by atoms with Gasteiger partial charge in [0.15, 0.2) is 9.84 Å². The Bertz CT molecular complexity index is 496. The molecule has 0 saturated carbocycles. The van der Waals surface area contributed by atoms with Crippen molar-refractivity contribution in [1.29, 1.82) is 0 Å². The van der Waals surface area contributed by atoms with Gasteiger partial charge in [0, 0.05) is 6.04 Å². The fourth-order valence-electron chi connectivity index (χ4n) is 2.48. The van der Waals surface area contributed by atoms with Gasteiger partial charge < -0.3 is 0 Å². The first kappa shape index (κ1) is 13.5. The fourth-order valence-corrected chi connectivity index (χ4v) is 4.36. The number of nitrogens with one attached hydrogen (secondary N) is 1. The Morgan fingerprint density at radius 3 is 2.56 bits per heavy atom. The molecule has 2 rings (SSSR count). The fraction of sp³-hybridized carbons (Fsp3) is 0.538. The molecule has 2 atom stereocenters. The number of hydrogen-bond acceptors (Lipinski definition) is 4. The maximum atomic E-state index is 11.5. The van der Waals surface area contributed by atoms with Crippen molar-refractivity contribution in [3.8, 4) is 0 Å². The molecule has 18 heavy (non-hydrogen) atoms. The zero-order chi connectivity index (χ0) is 13.2. The predicted molar refractivity (Wildman–Crippen MR) is 72.8 cm³/mol. The first-order valence-corrected chi connectivity index (χ1v) is 8.04. The molecule has 0 amide bonds. The number of hydrogen-bond donors (Lipinski definition) is 2. The van der Waals surface area contributed by atoms with Crippen molar-refractivity contribution in [2.24, 2.45) is 11.8 Å². The Hall–Kier alpha value is -0.910. The van der Waals surface area contributed by atoms with Crippen LogP contribution in [0.2, 0.25) is 0 Å². The zero-order valence-electron chi connectivity index (χ0n) is 10.6. The number of rotatable bonds is 4. The summed E-state index contributed by atoms with van der Waals surface area (Å²) >= 11 is 0. The first-order valence-electron chi connectivity index (χ1n) is 6.22. The van der Waals surface area contributed by atoms with E-state index in [1.807, 2.05) is 6.92 Å². The Balaban J connectivity index is 2.04. The standard InChI is InChI=1S/C13H20N2O2S/c1-10-2-4-11(5-3-10)8-13(15-14)12-6-7-18(16,17)9-12/h2-5,12-13,15H,6-9,14H2,1H3. The molecule has 3 N–H and O–H groups in total. The molecule has 1 fully saturated rings. The number of nitrogens with two attached hydrogens (primary N) is 1. The van der Waals surface area contributed by atoms with E-state index in [2.05, 4.69) is 29.7 Å². The van der Waals surface area contributed by atoms with Gasteiger partial charge >= 0.3 is 0 Å². The highest BCUT2D eigenvalue weighted by atomic mass is 32.2. The van der Waals surface area contributed by atoms with Gasteiger partial charge in [-0.3, -0.25) is 11.3 Å². The minimum absolute atomic E-state index is 0.0324. The van der Waals surface area contributed by atoms with E-state index in [0.29, 0.717) is 12.2 Å². The summed E-state index contributed by atoms with van der Waals surface area (Å²) in [5.41, 5.74) is 5.19. The summed E-state index contributed by atoms with van der Waals surface area (Å²) in [6, 6.07) is 8.31. The van der Waals surface area contributed by atoms with Gasteiger partial charge in [-0.2, -0.15) is 0 Å². The van der Waals surface area contributed by atoms with Gasteiger partial charge in [0.25, 0.3) is 0 Å². The van der Waals surface area contributed by atoms with Crippen LogP contribution in [0.4, 0.5) is 0 Å². The van der Waals surface area contributed by atoms with E-state index in [4.69, 9.17) is 5.84 Å². The third-order valence-electron chi connectivity index (χ3n) is 3.63. The zero-order valence-corrected chi connectivity index (χ0v) is 11.4. The van der Waals surface area contributed by atoms with E-state index >= 15 is 0 Å². The third-order valence-corrected chi connectivity index (χ3v) is 5.42. The summed E-state index contributed by atoms with van der Waals surface area (Å²) in [5.74, 6) is 6.25. The molecule has 1 saturated heterocycles. The molecular weight excluding hydrogens is 248 g/mol. The summed E-state index contributed by atoms with van der Waals surface area (Å²) in [6.07, 6.45) is 1.49. The lowest BCUT2D eigenvalue weighted by atomic mass is 9.93. The van der Waals surface area contributed by atoms with Crippen LogP contribution in [0.3, 0.4) is 0 Å². The Labute approximate surface area is 108 Å². The molecule has 100 valence electrons. The molecule has 0 aromatic heterocycles. The predicted octanol–water partition coefficient (Wildman–Crippen LogP) is 0.804. The van der Waals surface area contributed by atoms with E-state index in [1.54, 1.807) is 0 Å². The summed E-state index contributed by atoms with van der Waals surface area (Å²) in [5, 5.41) is 0. The first-order chi connectivity index (χ1) is 8.50. The molecule has 1 aliphatic rings. The highest BCUT2D eigenvalue weighted by Gasteiger charge is 2.33.